The van der Waals surface area contributed by atoms with E-state index < -0.39 is 10.0 Å². The summed E-state index contributed by atoms with van der Waals surface area (Å²) in [5, 5.41) is 4.74. The fourth-order valence-corrected chi connectivity index (χ4v) is 5.11. The van der Waals surface area contributed by atoms with Crippen molar-refractivity contribution < 1.29 is 8.42 Å². The summed E-state index contributed by atoms with van der Waals surface area (Å²) >= 11 is 2.97. The van der Waals surface area contributed by atoms with Crippen LogP contribution < -0.4 is 10.5 Å². The zero-order chi connectivity index (χ0) is 14.2. The number of rotatable bonds is 4. The highest BCUT2D eigenvalue weighted by Crippen LogP contribution is 2.27. The molecule has 2 heterocycles. The summed E-state index contributed by atoms with van der Waals surface area (Å²) < 4.78 is 28.5. The third-order valence-electron chi connectivity index (χ3n) is 2.88. The predicted octanol–water partition coefficient (Wildman–Crippen LogP) is 3.22. The van der Waals surface area contributed by atoms with Gasteiger partial charge in [0, 0.05) is 21.8 Å². The molecule has 0 unspecified atom stereocenters. The van der Waals surface area contributed by atoms with Crippen molar-refractivity contribution in [3.8, 4) is 0 Å². The van der Waals surface area contributed by atoms with Crippen molar-refractivity contribution in [3.63, 3.8) is 0 Å². The fourth-order valence-electron chi connectivity index (χ4n) is 1.96. The third-order valence-corrected chi connectivity index (χ3v) is 6.32. The minimum Gasteiger partial charge on any atom is -0.326 e. The molecule has 0 saturated carbocycles. The molecule has 20 heavy (non-hydrogen) atoms. The molecule has 0 spiro atoms. The van der Waals surface area contributed by atoms with Crippen LogP contribution in [-0.4, -0.2) is 8.42 Å². The lowest BCUT2D eigenvalue weighted by Gasteiger charge is -2.08. The molecule has 0 radical (unpaired) electrons. The Kier molecular flexibility index (Phi) is 3.51. The van der Waals surface area contributed by atoms with Crippen molar-refractivity contribution in [2.75, 3.05) is 4.72 Å². The van der Waals surface area contributed by atoms with Gasteiger partial charge in [0.15, 0.2) is 0 Å². The van der Waals surface area contributed by atoms with Gasteiger partial charge in [0.25, 0.3) is 10.0 Å². The van der Waals surface area contributed by atoms with E-state index in [0.717, 1.165) is 10.1 Å². The molecule has 0 fully saturated rings. The topological polar surface area (TPSA) is 72.2 Å². The number of anilines is 1. The summed E-state index contributed by atoms with van der Waals surface area (Å²) in [5.74, 6) is 0. The van der Waals surface area contributed by atoms with Crippen molar-refractivity contribution in [1.82, 2.24) is 0 Å². The lowest BCUT2D eigenvalue weighted by molar-refractivity contribution is 0.600. The molecule has 0 atom stereocenters. The molecule has 3 rings (SSSR count). The summed E-state index contributed by atoms with van der Waals surface area (Å²) in [6.07, 6.45) is 0. The highest BCUT2D eigenvalue weighted by atomic mass is 32.2. The van der Waals surface area contributed by atoms with Crippen LogP contribution in [0.1, 0.15) is 4.88 Å². The molecule has 104 valence electrons. The van der Waals surface area contributed by atoms with Gasteiger partial charge in [0.2, 0.25) is 0 Å². The van der Waals surface area contributed by atoms with Crippen LogP contribution in [0.2, 0.25) is 0 Å². The highest BCUT2D eigenvalue weighted by Gasteiger charge is 2.19. The minimum atomic E-state index is -3.58. The Hall–Kier alpha value is -1.41. The van der Waals surface area contributed by atoms with Gasteiger partial charge in [-0.15, -0.1) is 22.7 Å². The van der Waals surface area contributed by atoms with E-state index >= 15 is 0 Å². The number of nitrogens with one attached hydrogen (secondary N) is 1. The second-order valence-electron chi connectivity index (χ2n) is 4.19. The SMILES string of the molecule is NCc1sccc1S(=O)(=O)Nc1ccc2sccc2c1. The molecule has 0 amide bonds. The van der Waals surface area contributed by atoms with Crippen LogP contribution >= 0.6 is 22.7 Å². The molecule has 0 saturated heterocycles. The fraction of sp³-hybridized carbons (Fsp3) is 0.0769. The van der Waals surface area contributed by atoms with Crippen LogP contribution in [0, 0.1) is 0 Å². The molecule has 2 aromatic heterocycles. The number of sulfonamides is 1. The monoisotopic (exact) mass is 324 g/mol. The molecule has 3 N–H and O–H groups in total. The van der Waals surface area contributed by atoms with Crippen LogP contribution in [0.5, 0.6) is 0 Å². The van der Waals surface area contributed by atoms with Gasteiger partial charge in [0.1, 0.15) is 4.90 Å². The van der Waals surface area contributed by atoms with Crippen molar-refractivity contribution >= 4 is 48.5 Å². The molecule has 7 heteroatoms. The predicted molar refractivity (Wildman–Crippen MR) is 84.8 cm³/mol. The third kappa shape index (κ3) is 2.45. The number of nitrogens with two attached hydrogens (primary N) is 1. The Morgan fingerprint density at radius 1 is 1.10 bits per heavy atom. The Labute approximate surface area is 124 Å². The second kappa shape index (κ2) is 5.17. The number of benzene rings is 1. The minimum absolute atomic E-state index is 0.220. The first-order chi connectivity index (χ1) is 9.60. The van der Waals surface area contributed by atoms with Gasteiger partial charge < -0.3 is 5.73 Å². The normalized spacial score (nSPS) is 11.8. The van der Waals surface area contributed by atoms with Crippen LogP contribution in [0.15, 0.2) is 46.0 Å². The average molecular weight is 324 g/mol. The van der Waals surface area contributed by atoms with E-state index in [9.17, 15) is 8.42 Å². The molecule has 4 nitrogen and oxygen atoms in total. The Morgan fingerprint density at radius 3 is 2.70 bits per heavy atom. The number of thiophene rings is 2. The number of fused-ring (bicyclic) bond motifs is 1. The smallest absolute Gasteiger partial charge is 0.263 e. The van der Waals surface area contributed by atoms with Crippen LogP contribution in [0.4, 0.5) is 5.69 Å². The zero-order valence-corrected chi connectivity index (χ0v) is 12.8. The summed E-state index contributed by atoms with van der Waals surface area (Å²) in [6, 6.07) is 9.06. The highest BCUT2D eigenvalue weighted by molar-refractivity contribution is 7.93. The van der Waals surface area contributed by atoms with E-state index in [0.29, 0.717) is 10.6 Å². The molecular weight excluding hydrogens is 312 g/mol. The summed E-state index contributed by atoms with van der Waals surface area (Å²) in [4.78, 5) is 0.921. The van der Waals surface area contributed by atoms with Crippen molar-refractivity contribution in [3.05, 3.63) is 46.0 Å². The van der Waals surface area contributed by atoms with Crippen molar-refractivity contribution in [1.29, 1.82) is 0 Å². The Balaban J connectivity index is 1.96. The van der Waals surface area contributed by atoms with Crippen molar-refractivity contribution in [2.45, 2.75) is 11.4 Å². The molecular formula is C13H12N2O2S3. The van der Waals surface area contributed by atoms with Gasteiger partial charge in [-0.3, -0.25) is 4.72 Å². The van der Waals surface area contributed by atoms with Crippen molar-refractivity contribution in [2.24, 2.45) is 5.73 Å². The van der Waals surface area contributed by atoms with Crippen LogP contribution in [-0.2, 0) is 16.6 Å². The van der Waals surface area contributed by atoms with E-state index in [1.54, 1.807) is 28.8 Å². The summed E-state index contributed by atoms with van der Waals surface area (Å²) in [5.41, 5.74) is 6.13. The molecule has 0 bridgehead atoms. The average Bonchev–Trinajstić information content (AvgIpc) is 3.06. The number of hydrogen-bond acceptors (Lipinski definition) is 5. The van der Waals surface area contributed by atoms with E-state index in [4.69, 9.17) is 5.73 Å². The maximum Gasteiger partial charge on any atom is 0.263 e. The molecule has 0 aliphatic rings. The van der Waals surface area contributed by atoms with Gasteiger partial charge in [-0.25, -0.2) is 8.42 Å². The lowest BCUT2D eigenvalue weighted by atomic mass is 10.2. The first-order valence-electron chi connectivity index (χ1n) is 5.87. The van der Waals surface area contributed by atoms with Crippen LogP contribution in [0.25, 0.3) is 10.1 Å². The van der Waals surface area contributed by atoms with Gasteiger partial charge in [-0.05, 0) is 46.5 Å². The zero-order valence-electron chi connectivity index (χ0n) is 10.4. The maximum absolute atomic E-state index is 12.4. The quantitative estimate of drug-likeness (QED) is 0.774. The van der Waals surface area contributed by atoms with Crippen LogP contribution in [0.3, 0.4) is 0 Å². The first kappa shape index (κ1) is 13.6. The van der Waals surface area contributed by atoms with E-state index in [2.05, 4.69) is 4.72 Å². The van der Waals surface area contributed by atoms with Gasteiger partial charge in [-0.1, -0.05) is 0 Å². The van der Waals surface area contributed by atoms with E-state index in [1.807, 2.05) is 23.6 Å². The molecule has 0 aliphatic heterocycles. The molecule has 0 aliphatic carbocycles. The standard InChI is InChI=1S/C13H12N2O2S3/c14-8-12-13(4-6-19-12)20(16,17)15-10-1-2-11-9(7-10)3-5-18-11/h1-7,15H,8,14H2. The number of hydrogen-bond donors (Lipinski definition) is 2. The van der Waals surface area contributed by atoms with Gasteiger partial charge >= 0.3 is 0 Å². The van der Waals surface area contributed by atoms with E-state index in [1.165, 1.54) is 11.3 Å². The van der Waals surface area contributed by atoms with Gasteiger partial charge in [-0.2, -0.15) is 0 Å². The Morgan fingerprint density at radius 2 is 1.90 bits per heavy atom. The maximum atomic E-state index is 12.4. The van der Waals surface area contributed by atoms with E-state index in [-0.39, 0.29) is 11.4 Å². The molecule has 3 aromatic rings. The summed E-state index contributed by atoms with van der Waals surface area (Å²) in [6.45, 7) is 0.220. The largest absolute Gasteiger partial charge is 0.326 e. The second-order valence-corrected chi connectivity index (χ2v) is 7.79. The Bertz CT molecular complexity index is 849. The lowest BCUT2D eigenvalue weighted by Crippen LogP contribution is -2.14. The first-order valence-corrected chi connectivity index (χ1v) is 9.11. The summed E-state index contributed by atoms with van der Waals surface area (Å²) in [7, 11) is -3.58. The van der Waals surface area contributed by atoms with Gasteiger partial charge in [0.05, 0.1) is 0 Å². The molecule has 1 aromatic carbocycles.